The third-order valence-corrected chi connectivity index (χ3v) is 2.54. The second kappa shape index (κ2) is 3.06. The molecule has 0 aliphatic rings. The number of nitrogens with zero attached hydrogens (tertiary/aromatic N) is 5. The van der Waals surface area contributed by atoms with Gasteiger partial charge in [-0.3, -0.25) is 9.08 Å². The molecule has 3 heterocycles. The van der Waals surface area contributed by atoms with Gasteiger partial charge in [-0.15, -0.1) is 10.2 Å². The number of hydrogen-bond donors (Lipinski definition) is 1. The molecule has 0 amide bonds. The first-order chi connectivity index (χ1) is 7.77. The van der Waals surface area contributed by atoms with Crippen molar-refractivity contribution in [2.45, 2.75) is 0 Å². The third-order valence-electron chi connectivity index (χ3n) is 2.54. The number of hydrogen-bond acceptors (Lipinski definition) is 4. The summed E-state index contributed by atoms with van der Waals surface area (Å²) in [5.41, 5.74) is 7.49. The lowest BCUT2D eigenvalue weighted by Gasteiger charge is -1.98. The van der Waals surface area contributed by atoms with E-state index in [0.717, 1.165) is 11.2 Å². The first-order valence-electron chi connectivity index (χ1n) is 4.85. The van der Waals surface area contributed by atoms with Gasteiger partial charge in [0.2, 0.25) is 0 Å². The summed E-state index contributed by atoms with van der Waals surface area (Å²) in [4.78, 5) is 0. The summed E-state index contributed by atoms with van der Waals surface area (Å²) in [7, 11) is 1.79. The van der Waals surface area contributed by atoms with E-state index in [4.69, 9.17) is 5.73 Å². The molecule has 0 aliphatic heterocycles. The van der Waals surface area contributed by atoms with E-state index in [1.807, 2.05) is 28.8 Å². The average Bonchev–Trinajstić information content (AvgIpc) is 2.85. The van der Waals surface area contributed by atoms with Gasteiger partial charge in [0.1, 0.15) is 5.82 Å². The Kier molecular flexibility index (Phi) is 1.70. The Morgan fingerprint density at radius 1 is 1.25 bits per heavy atom. The lowest BCUT2D eigenvalue weighted by atomic mass is 10.3. The second-order valence-electron chi connectivity index (χ2n) is 3.52. The Bertz CT molecular complexity index is 650. The first-order valence-corrected chi connectivity index (χ1v) is 4.85. The van der Waals surface area contributed by atoms with E-state index in [1.54, 1.807) is 17.9 Å². The highest BCUT2D eigenvalue weighted by Crippen LogP contribution is 2.23. The number of aryl methyl sites for hydroxylation is 1. The molecule has 3 aromatic rings. The molecule has 3 rings (SSSR count). The number of aromatic nitrogens is 5. The maximum Gasteiger partial charge on any atom is 0.173 e. The van der Waals surface area contributed by atoms with Crippen molar-refractivity contribution in [1.82, 2.24) is 24.4 Å². The van der Waals surface area contributed by atoms with Crippen LogP contribution >= 0.6 is 0 Å². The maximum atomic E-state index is 5.90. The van der Waals surface area contributed by atoms with Crippen LogP contribution in [0.4, 0.5) is 5.82 Å². The number of fused-ring (bicyclic) bond motifs is 1. The Morgan fingerprint density at radius 3 is 2.88 bits per heavy atom. The summed E-state index contributed by atoms with van der Waals surface area (Å²) in [5, 5.41) is 12.3. The highest BCUT2D eigenvalue weighted by Gasteiger charge is 2.13. The number of anilines is 1. The highest BCUT2D eigenvalue weighted by atomic mass is 15.3. The monoisotopic (exact) mass is 214 g/mol. The normalized spacial score (nSPS) is 11.1. The van der Waals surface area contributed by atoms with Gasteiger partial charge in [-0.25, -0.2) is 0 Å². The van der Waals surface area contributed by atoms with Gasteiger partial charge in [-0.2, -0.15) is 5.10 Å². The van der Waals surface area contributed by atoms with Crippen molar-refractivity contribution in [3.8, 4) is 11.4 Å². The second-order valence-corrected chi connectivity index (χ2v) is 3.52. The zero-order valence-corrected chi connectivity index (χ0v) is 8.70. The molecule has 0 bridgehead atoms. The SMILES string of the molecule is Cn1ncc(-c2nnc3ccccn23)c1N. The van der Waals surface area contributed by atoms with Crippen LogP contribution in [0, 0.1) is 0 Å². The molecule has 16 heavy (non-hydrogen) atoms. The van der Waals surface area contributed by atoms with E-state index in [9.17, 15) is 0 Å². The van der Waals surface area contributed by atoms with E-state index < -0.39 is 0 Å². The van der Waals surface area contributed by atoms with Crippen LogP contribution < -0.4 is 5.73 Å². The van der Waals surface area contributed by atoms with E-state index >= 15 is 0 Å². The molecule has 0 aromatic carbocycles. The Hall–Kier alpha value is -2.37. The molecule has 0 atom stereocenters. The number of nitrogens with two attached hydrogens (primary N) is 1. The van der Waals surface area contributed by atoms with Gasteiger partial charge in [0.15, 0.2) is 11.5 Å². The van der Waals surface area contributed by atoms with Crippen molar-refractivity contribution < 1.29 is 0 Å². The minimum absolute atomic E-state index is 0.582. The van der Waals surface area contributed by atoms with Crippen molar-refractivity contribution in [3.05, 3.63) is 30.6 Å². The molecule has 0 aliphatic carbocycles. The fourth-order valence-electron chi connectivity index (χ4n) is 1.64. The van der Waals surface area contributed by atoms with Gasteiger partial charge >= 0.3 is 0 Å². The summed E-state index contributed by atoms with van der Waals surface area (Å²) in [6.45, 7) is 0. The summed E-state index contributed by atoms with van der Waals surface area (Å²) in [6.07, 6.45) is 3.59. The molecular formula is C10H10N6. The van der Waals surface area contributed by atoms with Gasteiger partial charge in [0, 0.05) is 13.2 Å². The van der Waals surface area contributed by atoms with Crippen LogP contribution in [0.3, 0.4) is 0 Å². The van der Waals surface area contributed by atoms with Crippen molar-refractivity contribution in [3.63, 3.8) is 0 Å². The Labute approximate surface area is 91.3 Å². The highest BCUT2D eigenvalue weighted by molar-refractivity contribution is 5.69. The largest absolute Gasteiger partial charge is 0.383 e. The minimum atomic E-state index is 0.582. The topological polar surface area (TPSA) is 74.0 Å². The van der Waals surface area contributed by atoms with E-state index in [-0.39, 0.29) is 0 Å². The van der Waals surface area contributed by atoms with E-state index in [1.165, 1.54) is 0 Å². The molecule has 0 saturated carbocycles. The molecule has 0 fully saturated rings. The number of rotatable bonds is 1. The minimum Gasteiger partial charge on any atom is -0.383 e. The standard InChI is InChI=1S/C10H10N6/c1-15-9(11)7(6-12-15)10-14-13-8-4-2-3-5-16(8)10/h2-6H,11H2,1H3. The van der Waals surface area contributed by atoms with Crippen LogP contribution in [0.25, 0.3) is 17.0 Å². The molecule has 0 unspecified atom stereocenters. The summed E-state index contributed by atoms with van der Waals surface area (Å²) >= 11 is 0. The lowest BCUT2D eigenvalue weighted by molar-refractivity contribution is 0.779. The molecule has 0 saturated heterocycles. The number of nitrogen functional groups attached to an aromatic ring is 1. The zero-order chi connectivity index (χ0) is 11.1. The average molecular weight is 214 g/mol. The van der Waals surface area contributed by atoms with Crippen LogP contribution in [-0.4, -0.2) is 24.4 Å². The lowest BCUT2D eigenvalue weighted by Crippen LogP contribution is -1.99. The first kappa shape index (κ1) is 8.90. The van der Waals surface area contributed by atoms with Gasteiger partial charge in [-0.1, -0.05) is 6.07 Å². The third kappa shape index (κ3) is 1.10. The fourth-order valence-corrected chi connectivity index (χ4v) is 1.64. The summed E-state index contributed by atoms with van der Waals surface area (Å²) in [5.74, 6) is 1.29. The van der Waals surface area contributed by atoms with Crippen molar-refractivity contribution in [2.24, 2.45) is 7.05 Å². The molecular weight excluding hydrogens is 204 g/mol. The van der Waals surface area contributed by atoms with E-state index in [0.29, 0.717) is 11.6 Å². The quantitative estimate of drug-likeness (QED) is 0.647. The molecule has 6 nitrogen and oxygen atoms in total. The van der Waals surface area contributed by atoms with Gasteiger partial charge in [0.25, 0.3) is 0 Å². The summed E-state index contributed by atoms with van der Waals surface area (Å²) < 4.78 is 3.49. The maximum absolute atomic E-state index is 5.90. The van der Waals surface area contributed by atoms with Crippen LogP contribution in [0.1, 0.15) is 0 Å². The van der Waals surface area contributed by atoms with Crippen LogP contribution in [-0.2, 0) is 7.05 Å². The molecule has 6 heteroatoms. The number of pyridine rings is 1. The van der Waals surface area contributed by atoms with Crippen LogP contribution in [0.2, 0.25) is 0 Å². The van der Waals surface area contributed by atoms with Crippen LogP contribution in [0.5, 0.6) is 0 Å². The van der Waals surface area contributed by atoms with Crippen molar-refractivity contribution in [1.29, 1.82) is 0 Å². The fraction of sp³-hybridized carbons (Fsp3) is 0.100. The predicted octanol–water partition coefficient (Wildman–Crippen LogP) is 0.712. The smallest absolute Gasteiger partial charge is 0.173 e. The van der Waals surface area contributed by atoms with Gasteiger partial charge in [-0.05, 0) is 12.1 Å². The molecule has 3 aromatic heterocycles. The summed E-state index contributed by atoms with van der Waals surface area (Å²) in [6, 6.07) is 5.73. The predicted molar refractivity (Wildman–Crippen MR) is 59.6 cm³/mol. The van der Waals surface area contributed by atoms with Gasteiger partial charge < -0.3 is 5.73 Å². The molecule has 2 N–H and O–H groups in total. The van der Waals surface area contributed by atoms with Crippen LogP contribution in [0.15, 0.2) is 30.6 Å². The molecule has 0 spiro atoms. The molecule has 0 radical (unpaired) electrons. The van der Waals surface area contributed by atoms with Crippen molar-refractivity contribution in [2.75, 3.05) is 5.73 Å². The van der Waals surface area contributed by atoms with Gasteiger partial charge in [0.05, 0.1) is 11.8 Å². The Morgan fingerprint density at radius 2 is 2.12 bits per heavy atom. The zero-order valence-electron chi connectivity index (χ0n) is 8.70. The molecule has 80 valence electrons. The van der Waals surface area contributed by atoms with E-state index in [2.05, 4.69) is 15.3 Å². The Balaban J connectivity index is 2.30. The van der Waals surface area contributed by atoms with Crippen molar-refractivity contribution >= 4 is 11.5 Å².